The minimum atomic E-state index is -0.0132. The molecule has 1 saturated heterocycles. The summed E-state index contributed by atoms with van der Waals surface area (Å²) in [5.41, 5.74) is 0. The van der Waals surface area contributed by atoms with Gasteiger partial charge >= 0.3 is 0 Å². The SMILES string of the molecule is O=C(COc1ccc(Cl)cc1)N1CCCN(c2ncccn2)CC1. The number of carbonyl (C=O) groups is 1. The van der Waals surface area contributed by atoms with Gasteiger partial charge in [0.1, 0.15) is 5.75 Å². The van der Waals surface area contributed by atoms with Crippen molar-refractivity contribution in [3.05, 3.63) is 47.7 Å². The van der Waals surface area contributed by atoms with Gasteiger partial charge in [-0.15, -0.1) is 0 Å². The van der Waals surface area contributed by atoms with Crippen molar-refractivity contribution in [3.8, 4) is 5.75 Å². The number of carbonyl (C=O) groups excluding carboxylic acids is 1. The van der Waals surface area contributed by atoms with E-state index in [9.17, 15) is 4.79 Å². The van der Waals surface area contributed by atoms with Gasteiger partial charge in [0.25, 0.3) is 5.91 Å². The van der Waals surface area contributed by atoms with Crippen LogP contribution < -0.4 is 9.64 Å². The first-order chi connectivity index (χ1) is 11.7. The van der Waals surface area contributed by atoms with Gasteiger partial charge in [0.05, 0.1) is 0 Å². The second kappa shape index (κ2) is 7.97. The Morgan fingerprint density at radius 2 is 1.83 bits per heavy atom. The highest BCUT2D eigenvalue weighted by atomic mass is 35.5. The van der Waals surface area contributed by atoms with E-state index in [0.29, 0.717) is 29.8 Å². The number of amides is 1. The highest BCUT2D eigenvalue weighted by Gasteiger charge is 2.20. The van der Waals surface area contributed by atoms with Crippen LogP contribution >= 0.6 is 11.6 Å². The van der Waals surface area contributed by atoms with Crippen molar-refractivity contribution in [3.63, 3.8) is 0 Å². The highest BCUT2D eigenvalue weighted by molar-refractivity contribution is 6.30. The zero-order valence-electron chi connectivity index (χ0n) is 13.3. The quantitative estimate of drug-likeness (QED) is 0.849. The standard InChI is InChI=1S/C17H19ClN4O2/c18-14-3-5-15(6-4-14)24-13-16(23)21-9-2-10-22(12-11-21)17-19-7-1-8-20-17/h1,3-8H,2,9-13H2. The Bertz CT molecular complexity index is 666. The molecule has 126 valence electrons. The van der Waals surface area contributed by atoms with E-state index in [-0.39, 0.29) is 12.5 Å². The predicted octanol–water partition coefficient (Wildman–Crippen LogP) is 2.25. The molecule has 0 aliphatic carbocycles. The molecule has 7 heteroatoms. The lowest BCUT2D eigenvalue weighted by Crippen LogP contribution is -2.38. The molecule has 0 saturated carbocycles. The Hall–Kier alpha value is -2.34. The number of rotatable bonds is 4. The zero-order valence-corrected chi connectivity index (χ0v) is 14.0. The van der Waals surface area contributed by atoms with E-state index in [1.54, 1.807) is 42.7 Å². The van der Waals surface area contributed by atoms with Crippen molar-refractivity contribution in [2.24, 2.45) is 0 Å². The summed E-state index contributed by atoms with van der Waals surface area (Å²) in [4.78, 5) is 24.8. The van der Waals surface area contributed by atoms with Gasteiger partial charge in [0.2, 0.25) is 5.95 Å². The van der Waals surface area contributed by atoms with Crippen LogP contribution in [0.25, 0.3) is 0 Å². The third kappa shape index (κ3) is 4.35. The first-order valence-electron chi connectivity index (χ1n) is 7.90. The largest absolute Gasteiger partial charge is 0.484 e. The molecule has 1 aromatic carbocycles. The zero-order chi connectivity index (χ0) is 16.8. The van der Waals surface area contributed by atoms with Crippen molar-refractivity contribution in [2.45, 2.75) is 6.42 Å². The van der Waals surface area contributed by atoms with Gasteiger partial charge in [-0.1, -0.05) is 11.6 Å². The van der Waals surface area contributed by atoms with E-state index in [1.807, 2.05) is 4.90 Å². The lowest BCUT2D eigenvalue weighted by atomic mass is 10.3. The van der Waals surface area contributed by atoms with Crippen molar-refractivity contribution in [1.82, 2.24) is 14.9 Å². The molecule has 1 aliphatic heterocycles. The lowest BCUT2D eigenvalue weighted by Gasteiger charge is -2.22. The third-order valence-corrected chi connectivity index (χ3v) is 4.11. The lowest BCUT2D eigenvalue weighted by molar-refractivity contribution is -0.133. The summed E-state index contributed by atoms with van der Waals surface area (Å²) < 4.78 is 5.54. The minimum Gasteiger partial charge on any atom is -0.484 e. The fourth-order valence-corrected chi connectivity index (χ4v) is 2.71. The monoisotopic (exact) mass is 346 g/mol. The van der Waals surface area contributed by atoms with Crippen LogP contribution in [-0.4, -0.2) is 53.6 Å². The van der Waals surface area contributed by atoms with Crippen molar-refractivity contribution < 1.29 is 9.53 Å². The highest BCUT2D eigenvalue weighted by Crippen LogP contribution is 2.16. The molecule has 1 amide bonds. The molecule has 1 fully saturated rings. The van der Waals surface area contributed by atoms with Crippen LogP contribution in [0.2, 0.25) is 5.02 Å². The Morgan fingerprint density at radius 3 is 2.58 bits per heavy atom. The van der Waals surface area contributed by atoms with Crippen LogP contribution in [0.3, 0.4) is 0 Å². The van der Waals surface area contributed by atoms with Gasteiger partial charge < -0.3 is 14.5 Å². The normalized spacial score (nSPS) is 15.0. The van der Waals surface area contributed by atoms with Crippen LogP contribution in [0.4, 0.5) is 5.95 Å². The number of hydrogen-bond donors (Lipinski definition) is 0. The number of anilines is 1. The second-order valence-corrected chi connectivity index (χ2v) is 5.95. The first-order valence-corrected chi connectivity index (χ1v) is 8.28. The molecule has 3 rings (SSSR count). The summed E-state index contributed by atoms with van der Waals surface area (Å²) in [5.74, 6) is 1.34. The molecule has 24 heavy (non-hydrogen) atoms. The van der Waals surface area contributed by atoms with E-state index in [4.69, 9.17) is 16.3 Å². The molecular weight excluding hydrogens is 328 g/mol. The molecule has 0 N–H and O–H groups in total. The van der Waals surface area contributed by atoms with Crippen molar-refractivity contribution >= 4 is 23.5 Å². The molecule has 2 heterocycles. The molecule has 1 aliphatic rings. The molecule has 0 bridgehead atoms. The summed E-state index contributed by atoms with van der Waals surface area (Å²) in [5, 5.41) is 0.643. The molecule has 0 spiro atoms. The second-order valence-electron chi connectivity index (χ2n) is 5.51. The minimum absolute atomic E-state index is 0.0132. The average molecular weight is 347 g/mol. The van der Waals surface area contributed by atoms with Crippen LogP contribution in [-0.2, 0) is 4.79 Å². The van der Waals surface area contributed by atoms with Gasteiger partial charge in [-0.05, 0) is 36.8 Å². The average Bonchev–Trinajstić information content (AvgIpc) is 2.88. The Labute approximate surface area is 146 Å². The van der Waals surface area contributed by atoms with E-state index >= 15 is 0 Å². The van der Waals surface area contributed by atoms with Gasteiger partial charge in [-0.25, -0.2) is 9.97 Å². The van der Waals surface area contributed by atoms with E-state index in [1.165, 1.54) is 0 Å². The fraction of sp³-hybridized carbons (Fsp3) is 0.353. The molecule has 2 aromatic rings. The predicted molar refractivity (Wildman–Crippen MR) is 92.4 cm³/mol. The summed E-state index contributed by atoms with van der Waals surface area (Å²) in [6.07, 6.45) is 4.34. The Balaban J connectivity index is 1.52. The maximum atomic E-state index is 12.4. The molecular formula is C17H19ClN4O2. The van der Waals surface area contributed by atoms with Gasteiger partial charge in [0, 0.05) is 43.6 Å². The van der Waals surface area contributed by atoms with Gasteiger partial charge in [-0.3, -0.25) is 4.79 Å². The molecule has 1 aromatic heterocycles. The molecule has 6 nitrogen and oxygen atoms in total. The van der Waals surface area contributed by atoms with Crippen molar-refractivity contribution in [1.29, 1.82) is 0 Å². The van der Waals surface area contributed by atoms with Gasteiger partial charge in [0.15, 0.2) is 6.61 Å². The number of aromatic nitrogens is 2. The summed E-state index contributed by atoms with van der Waals surface area (Å²) in [6, 6.07) is 8.79. The van der Waals surface area contributed by atoms with E-state index in [0.717, 1.165) is 19.5 Å². The maximum Gasteiger partial charge on any atom is 0.260 e. The van der Waals surface area contributed by atoms with Crippen molar-refractivity contribution in [2.75, 3.05) is 37.7 Å². The molecule has 0 radical (unpaired) electrons. The number of hydrogen-bond acceptors (Lipinski definition) is 5. The topological polar surface area (TPSA) is 58.6 Å². The summed E-state index contributed by atoms with van der Waals surface area (Å²) in [6.45, 7) is 2.94. The number of nitrogens with zero attached hydrogens (tertiary/aromatic N) is 4. The number of ether oxygens (including phenoxy) is 1. The molecule has 0 unspecified atom stereocenters. The van der Waals surface area contributed by atoms with Crippen LogP contribution in [0.1, 0.15) is 6.42 Å². The third-order valence-electron chi connectivity index (χ3n) is 3.86. The first kappa shape index (κ1) is 16.5. The van der Waals surface area contributed by atoms with Crippen LogP contribution in [0.5, 0.6) is 5.75 Å². The summed E-state index contributed by atoms with van der Waals surface area (Å²) >= 11 is 5.83. The maximum absolute atomic E-state index is 12.4. The van der Waals surface area contributed by atoms with E-state index < -0.39 is 0 Å². The van der Waals surface area contributed by atoms with Crippen LogP contribution in [0.15, 0.2) is 42.7 Å². The van der Waals surface area contributed by atoms with Gasteiger partial charge in [-0.2, -0.15) is 0 Å². The fourth-order valence-electron chi connectivity index (χ4n) is 2.59. The number of benzene rings is 1. The smallest absolute Gasteiger partial charge is 0.260 e. The summed E-state index contributed by atoms with van der Waals surface area (Å²) in [7, 11) is 0. The molecule has 0 atom stereocenters. The Morgan fingerprint density at radius 1 is 1.08 bits per heavy atom. The van der Waals surface area contributed by atoms with E-state index in [2.05, 4.69) is 14.9 Å². The number of halogens is 1. The van der Waals surface area contributed by atoms with Crippen LogP contribution in [0, 0.1) is 0 Å². The Kier molecular flexibility index (Phi) is 5.48.